The lowest BCUT2D eigenvalue weighted by molar-refractivity contribution is 0.151. The van der Waals surface area contributed by atoms with Crippen molar-refractivity contribution in [2.24, 2.45) is 0 Å². The number of ether oxygens (including phenoxy) is 1. The van der Waals surface area contributed by atoms with Gasteiger partial charge in [-0.05, 0) is 50.6 Å². The molecule has 3 rings (SSSR count). The van der Waals surface area contributed by atoms with Gasteiger partial charge in [-0.3, -0.25) is 0 Å². The van der Waals surface area contributed by atoms with Crippen LogP contribution in [-0.4, -0.2) is 43.6 Å². The van der Waals surface area contributed by atoms with Gasteiger partial charge in [-0.15, -0.1) is 0 Å². The molecule has 0 spiro atoms. The summed E-state index contributed by atoms with van der Waals surface area (Å²) in [6.07, 6.45) is 3.22. The molecule has 0 aliphatic carbocycles. The van der Waals surface area contributed by atoms with E-state index in [1.165, 1.54) is 11.1 Å². The number of likely N-dealkylation sites (tertiary alicyclic amines) is 1. The van der Waals surface area contributed by atoms with Crippen LogP contribution in [0.2, 0.25) is 0 Å². The third-order valence-electron chi connectivity index (χ3n) is 5.25. The van der Waals surface area contributed by atoms with Crippen LogP contribution in [-0.2, 0) is 13.1 Å². The van der Waals surface area contributed by atoms with Crippen LogP contribution in [0.1, 0.15) is 42.0 Å². The fourth-order valence-corrected chi connectivity index (χ4v) is 3.85. The topological polar surface area (TPSA) is 44.8 Å². The van der Waals surface area contributed by atoms with E-state index in [-0.39, 0.29) is 12.1 Å². The summed E-state index contributed by atoms with van der Waals surface area (Å²) in [5.41, 5.74) is 3.49. The van der Waals surface area contributed by atoms with Gasteiger partial charge in [0.05, 0.1) is 13.2 Å². The Hall–Kier alpha value is -2.53. The largest absolute Gasteiger partial charge is 0.496 e. The first-order valence-corrected chi connectivity index (χ1v) is 9.98. The Balaban J connectivity index is 1.67. The van der Waals surface area contributed by atoms with Crippen LogP contribution >= 0.6 is 0 Å². The quantitative estimate of drug-likeness (QED) is 0.816. The Kier molecular flexibility index (Phi) is 6.93. The van der Waals surface area contributed by atoms with E-state index in [4.69, 9.17) is 4.74 Å². The summed E-state index contributed by atoms with van der Waals surface area (Å²) in [7, 11) is 5.80. The van der Waals surface area contributed by atoms with Gasteiger partial charge in [-0.1, -0.05) is 42.5 Å². The number of benzene rings is 2. The zero-order chi connectivity index (χ0) is 19.9. The SMILES string of the molecule is COc1ccccc1CNC(=O)N1CCCC[C@@H]1c1ccc(CN(C)C)cc1. The summed E-state index contributed by atoms with van der Waals surface area (Å²) in [6, 6.07) is 16.6. The van der Waals surface area contributed by atoms with E-state index < -0.39 is 0 Å². The summed E-state index contributed by atoms with van der Waals surface area (Å²) >= 11 is 0. The second-order valence-electron chi connectivity index (χ2n) is 7.65. The maximum absolute atomic E-state index is 12.9. The molecule has 1 aliphatic heterocycles. The molecule has 0 bridgehead atoms. The predicted molar refractivity (Wildman–Crippen MR) is 112 cm³/mol. The molecule has 0 aromatic heterocycles. The molecular formula is C23H31N3O2. The number of piperidine rings is 1. The number of carbonyl (C=O) groups excluding carboxylic acids is 1. The average Bonchev–Trinajstić information content (AvgIpc) is 2.72. The molecule has 1 atom stereocenters. The van der Waals surface area contributed by atoms with Gasteiger partial charge in [0.15, 0.2) is 0 Å². The van der Waals surface area contributed by atoms with Gasteiger partial charge in [0.25, 0.3) is 0 Å². The molecule has 5 heteroatoms. The van der Waals surface area contributed by atoms with Crippen molar-refractivity contribution >= 4 is 6.03 Å². The third kappa shape index (κ3) is 5.04. The molecule has 0 radical (unpaired) electrons. The number of hydrogen-bond donors (Lipinski definition) is 1. The molecule has 2 amide bonds. The van der Waals surface area contributed by atoms with Crippen molar-refractivity contribution in [3.8, 4) is 5.75 Å². The molecule has 1 fully saturated rings. The molecule has 1 N–H and O–H groups in total. The molecule has 0 unspecified atom stereocenters. The predicted octanol–water partition coefficient (Wildman–Crippen LogP) is 4.19. The Labute approximate surface area is 168 Å². The molecule has 28 heavy (non-hydrogen) atoms. The Morgan fingerprint density at radius 2 is 1.89 bits per heavy atom. The number of carbonyl (C=O) groups is 1. The van der Waals surface area contributed by atoms with Gasteiger partial charge in [-0.25, -0.2) is 4.79 Å². The number of nitrogens with one attached hydrogen (secondary N) is 1. The van der Waals surface area contributed by atoms with Crippen LogP contribution < -0.4 is 10.1 Å². The second-order valence-corrected chi connectivity index (χ2v) is 7.65. The van der Waals surface area contributed by atoms with Gasteiger partial charge in [-0.2, -0.15) is 0 Å². The lowest BCUT2D eigenvalue weighted by Crippen LogP contribution is -2.44. The van der Waals surface area contributed by atoms with E-state index in [9.17, 15) is 4.79 Å². The molecule has 1 saturated heterocycles. The van der Waals surface area contributed by atoms with Crippen molar-refractivity contribution < 1.29 is 9.53 Å². The van der Waals surface area contributed by atoms with Gasteiger partial charge in [0, 0.05) is 25.2 Å². The van der Waals surface area contributed by atoms with E-state index in [1.807, 2.05) is 29.2 Å². The average molecular weight is 382 g/mol. The van der Waals surface area contributed by atoms with Crippen LogP contribution in [0.4, 0.5) is 4.79 Å². The first-order valence-electron chi connectivity index (χ1n) is 9.98. The highest BCUT2D eigenvalue weighted by atomic mass is 16.5. The zero-order valence-electron chi connectivity index (χ0n) is 17.1. The molecular weight excluding hydrogens is 350 g/mol. The summed E-state index contributed by atoms with van der Waals surface area (Å²) in [5, 5.41) is 3.08. The van der Waals surface area contributed by atoms with E-state index in [0.29, 0.717) is 6.54 Å². The lowest BCUT2D eigenvalue weighted by atomic mass is 9.95. The van der Waals surface area contributed by atoms with E-state index >= 15 is 0 Å². The third-order valence-corrected chi connectivity index (χ3v) is 5.25. The smallest absolute Gasteiger partial charge is 0.318 e. The van der Waals surface area contributed by atoms with Crippen molar-refractivity contribution in [3.63, 3.8) is 0 Å². The van der Waals surface area contributed by atoms with Gasteiger partial charge >= 0.3 is 6.03 Å². The number of hydrogen-bond acceptors (Lipinski definition) is 3. The Bertz CT molecular complexity index is 774. The number of amides is 2. The lowest BCUT2D eigenvalue weighted by Gasteiger charge is -2.36. The fraction of sp³-hybridized carbons (Fsp3) is 0.435. The highest BCUT2D eigenvalue weighted by Crippen LogP contribution is 2.31. The van der Waals surface area contributed by atoms with E-state index in [0.717, 1.165) is 43.7 Å². The number of urea groups is 1. The first-order chi connectivity index (χ1) is 13.6. The minimum atomic E-state index is -0.00651. The van der Waals surface area contributed by atoms with Gasteiger partial charge in [0.2, 0.25) is 0 Å². The normalized spacial score (nSPS) is 16.9. The first kappa shape index (κ1) is 20.2. The molecule has 1 aliphatic rings. The standard InChI is InChI=1S/C23H31N3O2/c1-25(2)17-18-11-13-19(14-12-18)21-9-6-7-15-26(21)23(27)24-16-20-8-4-5-10-22(20)28-3/h4-5,8,10-14,21H,6-7,9,15-17H2,1-3H3,(H,24,27)/t21-/m1/s1. The fourth-order valence-electron chi connectivity index (χ4n) is 3.85. The van der Waals surface area contributed by atoms with Crippen LogP contribution in [0.15, 0.2) is 48.5 Å². The van der Waals surface area contributed by atoms with Gasteiger partial charge < -0.3 is 19.9 Å². The number of nitrogens with zero attached hydrogens (tertiary/aromatic N) is 2. The molecule has 2 aromatic rings. The highest BCUT2D eigenvalue weighted by molar-refractivity contribution is 5.75. The van der Waals surface area contributed by atoms with Crippen LogP contribution in [0.5, 0.6) is 5.75 Å². The molecule has 150 valence electrons. The van der Waals surface area contributed by atoms with Crippen molar-refractivity contribution in [2.45, 2.75) is 38.4 Å². The summed E-state index contributed by atoms with van der Waals surface area (Å²) in [6.45, 7) is 2.18. The highest BCUT2D eigenvalue weighted by Gasteiger charge is 2.27. The molecule has 2 aromatic carbocycles. The summed E-state index contributed by atoms with van der Waals surface area (Å²) < 4.78 is 5.38. The summed E-state index contributed by atoms with van der Waals surface area (Å²) in [5.74, 6) is 0.800. The molecule has 1 heterocycles. The van der Waals surface area contributed by atoms with Gasteiger partial charge in [0.1, 0.15) is 5.75 Å². The van der Waals surface area contributed by atoms with Crippen molar-refractivity contribution in [3.05, 3.63) is 65.2 Å². The monoisotopic (exact) mass is 381 g/mol. The maximum Gasteiger partial charge on any atom is 0.318 e. The van der Waals surface area contributed by atoms with Crippen molar-refractivity contribution in [2.75, 3.05) is 27.7 Å². The van der Waals surface area contributed by atoms with Crippen molar-refractivity contribution in [1.29, 1.82) is 0 Å². The number of para-hydroxylation sites is 1. The summed E-state index contributed by atoms with van der Waals surface area (Å²) in [4.78, 5) is 17.1. The maximum atomic E-state index is 12.9. The van der Waals surface area contributed by atoms with Crippen LogP contribution in [0.25, 0.3) is 0 Å². The molecule has 5 nitrogen and oxygen atoms in total. The van der Waals surface area contributed by atoms with Crippen LogP contribution in [0.3, 0.4) is 0 Å². The van der Waals surface area contributed by atoms with Crippen molar-refractivity contribution in [1.82, 2.24) is 15.1 Å². The number of methoxy groups -OCH3 is 1. The van der Waals surface area contributed by atoms with E-state index in [2.05, 4.69) is 48.6 Å². The molecule has 0 saturated carbocycles. The van der Waals surface area contributed by atoms with Crippen LogP contribution in [0, 0.1) is 0 Å². The minimum Gasteiger partial charge on any atom is -0.496 e. The Morgan fingerprint density at radius 1 is 1.14 bits per heavy atom. The Morgan fingerprint density at radius 3 is 2.61 bits per heavy atom. The minimum absolute atomic E-state index is 0.00651. The van der Waals surface area contributed by atoms with E-state index in [1.54, 1.807) is 7.11 Å². The zero-order valence-corrected chi connectivity index (χ0v) is 17.1. The second kappa shape index (κ2) is 9.60. The number of rotatable bonds is 6.